The number of ether oxygens (including phenoxy) is 2. The lowest BCUT2D eigenvalue weighted by atomic mass is 10.0. The molecule has 0 aliphatic carbocycles. The Morgan fingerprint density at radius 3 is 2.14 bits per heavy atom. The third-order valence-electron chi connectivity index (χ3n) is 9.56. The number of unbranched alkanes of at least 4 members (excludes halogenated alkanes) is 2. The van der Waals surface area contributed by atoms with Gasteiger partial charge in [0.15, 0.2) is 6.04 Å². The van der Waals surface area contributed by atoms with Crippen molar-refractivity contribution in [2.45, 2.75) is 115 Å². The maximum atomic E-state index is 14.2. The lowest BCUT2D eigenvalue weighted by Crippen LogP contribution is -2.56. The van der Waals surface area contributed by atoms with Crippen LogP contribution in [0.4, 0.5) is 10.5 Å². The summed E-state index contributed by atoms with van der Waals surface area (Å²) in [6, 6.07) is 9.77. The van der Waals surface area contributed by atoms with Gasteiger partial charge in [-0.25, -0.2) is 14.6 Å². The number of carboxylic acids is 1. The number of anilines is 1. The van der Waals surface area contributed by atoms with Crippen molar-refractivity contribution in [1.29, 1.82) is 0 Å². The van der Waals surface area contributed by atoms with Crippen LogP contribution in [0.25, 0.3) is 10.2 Å². The van der Waals surface area contributed by atoms with E-state index in [1.807, 2.05) is 25.1 Å². The van der Waals surface area contributed by atoms with Crippen LogP contribution in [0.5, 0.6) is 0 Å². The van der Waals surface area contributed by atoms with Gasteiger partial charge in [-0.3, -0.25) is 29.0 Å². The number of carbonyl (C=O) groups is 7. The predicted octanol–water partition coefficient (Wildman–Crippen LogP) is 4.61. The van der Waals surface area contributed by atoms with Crippen LogP contribution in [0.3, 0.4) is 0 Å². The quantitative estimate of drug-likeness (QED) is 0.0532. The molecule has 0 radical (unpaired) electrons. The third kappa shape index (κ3) is 17.9. The summed E-state index contributed by atoms with van der Waals surface area (Å²) in [6.45, 7) is 7.57. The molecule has 0 fully saturated rings. The molecular weight excluding hydrogens is 865 g/mol. The zero-order valence-electron chi connectivity index (χ0n) is 37.2. The topological polar surface area (TPSA) is 247 Å². The minimum Gasteiger partial charge on any atom is -0.480 e. The van der Waals surface area contributed by atoms with E-state index in [0.717, 1.165) is 16.8 Å². The molecule has 18 nitrogen and oxygen atoms in total. The molecule has 4 unspecified atom stereocenters. The lowest BCUT2D eigenvalue weighted by Gasteiger charge is -2.26. The first-order valence-electron chi connectivity index (χ1n) is 21.2. The van der Waals surface area contributed by atoms with Gasteiger partial charge in [0.25, 0.3) is 0 Å². The van der Waals surface area contributed by atoms with Crippen molar-refractivity contribution >= 4 is 85.7 Å². The number of aliphatic imine (C=N–C) groups is 1. The van der Waals surface area contributed by atoms with Gasteiger partial charge in [-0.15, -0.1) is 23.1 Å². The molecule has 1 aromatic heterocycles. The summed E-state index contributed by atoms with van der Waals surface area (Å²) in [5, 5.41) is 24.3. The van der Waals surface area contributed by atoms with Crippen LogP contribution in [0.15, 0.2) is 53.5 Å². The van der Waals surface area contributed by atoms with E-state index >= 15 is 0 Å². The number of hydrogen-bond acceptors (Lipinski definition) is 14. The second kappa shape index (κ2) is 25.0. The molecule has 348 valence electrons. The molecule has 0 spiro atoms. The average molecular weight is 925 g/mol. The molecule has 1 aliphatic rings. The summed E-state index contributed by atoms with van der Waals surface area (Å²) >= 11 is 2.63. The first-order valence-corrected chi connectivity index (χ1v) is 23.0. The predicted molar refractivity (Wildman–Crippen MR) is 246 cm³/mol. The summed E-state index contributed by atoms with van der Waals surface area (Å²) in [7, 11) is 3.84. The summed E-state index contributed by atoms with van der Waals surface area (Å²) in [5.74, 6) is -3.35. The molecule has 1 aliphatic heterocycles. The van der Waals surface area contributed by atoms with E-state index in [0.29, 0.717) is 59.2 Å². The molecule has 20 heteroatoms. The van der Waals surface area contributed by atoms with Crippen LogP contribution >= 0.6 is 23.1 Å². The van der Waals surface area contributed by atoms with Gasteiger partial charge in [-0.2, -0.15) is 0 Å². The number of thioether (sulfide) groups is 1. The zero-order valence-corrected chi connectivity index (χ0v) is 38.8. The molecule has 6 N–H and O–H groups in total. The molecule has 2 aromatic carbocycles. The minimum atomic E-state index is -1.29. The largest absolute Gasteiger partial charge is 0.480 e. The number of esters is 1. The molecule has 5 amide bonds. The van der Waals surface area contributed by atoms with Gasteiger partial charge in [0.1, 0.15) is 40.4 Å². The van der Waals surface area contributed by atoms with E-state index < -0.39 is 65.5 Å². The van der Waals surface area contributed by atoms with Gasteiger partial charge in [0, 0.05) is 31.3 Å². The summed E-state index contributed by atoms with van der Waals surface area (Å²) in [5.41, 5.74) is 1.01. The fraction of sp³-hybridized carbons (Fsp3) is 0.523. The summed E-state index contributed by atoms with van der Waals surface area (Å²) in [6.07, 6.45) is 1.31. The fourth-order valence-corrected chi connectivity index (χ4v) is 8.47. The first-order chi connectivity index (χ1) is 30.4. The third-order valence-corrected chi connectivity index (χ3v) is 11.8. The minimum absolute atomic E-state index is 0.0682. The van der Waals surface area contributed by atoms with Crippen LogP contribution in [0.1, 0.15) is 89.6 Å². The second-order valence-corrected chi connectivity index (χ2v) is 18.6. The maximum absolute atomic E-state index is 14.2. The number of fused-ring (bicyclic) bond motifs is 1. The second-order valence-electron chi connectivity index (χ2n) is 16.6. The molecule has 0 saturated heterocycles. The van der Waals surface area contributed by atoms with Gasteiger partial charge < -0.3 is 46.1 Å². The van der Waals surface area contributed by atoms with Gasteiger partial charge in [-0.1, -0.05) is 30.3 Å². The maximum Gasteiger partial charge on any atom is 0.408 e. The number of alkyl carbamates (subject to hydrolysis) is 1. The number of benzene rings is 2. The lowest BCUT2D eigenvalue weighted by molar-refractivity contribution is -0.155. The number of thiazole rings is 1. The zero-order chi connectivity index (χ0) is 46.8. The highest BCUT2D eigenvalue weighted by Gasteiger charge is 2.31. The number of aliphatic carboxylic acids is 1. The van der Waals surface area contributed by atoms with Crippen molar-refractivity contribution in [3.8, 4) is 0 Å². The van der Waals surface area contributed by atoms with E-state index in [2.05, 4.69) is 36.6 Å². The molecule has 3 aromatic rings. The number of hydrogen-bond donors (Lipinski definition) is 6. The van der Waals surface area contributed by atoms with Crippen molar-refractivity contribution in [3.05, 3.63) is 59.1 Å². The number of nitrogens with one attached hydrogen (secondary N) is 5. The van der Waals surface area contributed by atoms with Crippen molar-refractivity contribution in [2.24, 2.45) is 4.99 Å². The summed E-state index contributed by atoms with van der Waals surface area (Å²) < 4.78 is 11.5. The first kappa shape index (κ1) is 51.0. The monoisotopic (exact) mass is 924 g/mol. The highest BCUT2D eigenvalue weighted by molar-refractivity contribution is 8.15. The Hall–Kier alpha value is -5.60. The number of carboxylic acid groups (broad SMARTS) is 1. The molecule has 2 heterocycles. The number of rotatable bonds is 24. The van der Waals surface area contributed by atoms with Crippen molar-refractivity contribution in [1.82, 2.24) is 31.2 Å². The fourth-order valence-electron chi connectivity index (χ4n) is 6.37. The van der Waals surface area contributed by atoms with E-state index in [1.165, 1.54) is 30.0 Å². The van der Waals surface area contributed by atoms with Crippen molar-refractivity contribution < 1.29 is 48.1 Å². The Labute approximate surface area is 381 Å². The molecule has 4 rings (SSSR count). The number of aromatic nitrogens is 1. The van der Waals surface area contributed by atoms with Crippen molar-refractivity contribution in [3.63, 3.8) is 0 Å². The van der Waals surface area contributed by atoms with E-state index in [4.69, 9.17) is 9.47 Å². The molecule has 0 bridgehead atoms. The highest BCUT2D eigenvalue weighted by atomic mass is 32.2. The summed E-state index contributed by atoms with van der Waals surface area (Å²) in [4.78, 5) is 102. The molecule has 0 saturated carbocycles. The number of carbonyl (C=O) groups excluding carboxylic acids is 6. The molecular formula is C44H60N8O10S2. The SMILES string of the molecule is CC(=O)NCCCCC(NC(=O)C(CCCCN(C)C)NC(=O)C(CCC(=O)OC(C)(C)C)NC(=O)OCc1ccccc1)C(=O)Nc1ccc2nc(C3=NC(C(=O)O)CS3)sc2c1. The highest BCUT2D eigenvalue weighted by Crippen LogP contribution is 2.31. The Morgan fingerprint density at radius 2 is 1.52 bits per heavy atom. The van der Waals surface area contributed by atoms with Gasteiger partial charge in [0.05, 0.1) is 10.2 Å². The Morgan fingerprint density at radius 1 is 0.859 bits per heavy atom. The van der Waals surface area contributed by atoms with E-state index in [-0.39, 0.29) is 38.2 Å². The van der Waals surface area contributed by atoms with E-state index in [1.54, 1.807) is 63.2 Å². The van der Waals surface area contributed by atoms with Crippen LogP contribution in [-0.2, 0) is 44.8 Å². The molecule has 64 heavy (non-hydrogen) atoms. The van der Waals surface area contributed by atoms with Crippen LogP contribution < -0.4 is 26.6 Å². The Bertz CT molecular complexity index is 2120. The van der Waals surface area contributed by atoms with Crippen LogP contribution in [0, 0.1) is 0 Å². The average Bonchev–Trinajstić information content (AvgIpc) is 3.90. The standard InChI is InChI=1S/C44H60N8O10S2/c1-27(53)45-22-12-10-16-31(37(55)46-29-18-19-30-35(24-29)64-41(49-30)40-50-34(26-63-40)42(58)59)47-38(56)32(17-11-13-23-52(5)6)48-39(57)33(20-21-36(54)62-44(2,3)4)51-43(60)61-25-28-14-8-7-9-15-28/h7-9,14-15,18-19,24,31-34H,10-13,16-17,20-23,25-26H2,1-6H3,(H,45,53)(H,46,55)(H,47,56)(H,48,57)(H,51,60)(H,58,59). The van der Waals surface area contributed by atoms with Crippen molar-refractivity contribution in [2.75, 3.05) is 38.3 Å². The van der Waals surface area contributed by atoms with Gasteiger partial charge in [-0.05, 0) is 110 Å². The normalized spacial score (nSPS) is 15.0. The molecule has 4 atom stereocenters. The Balaban J connectivity index is 1.53. The number of nitrogens with zero attached hydrogens (tertiary/aromatic N) is 3. The smallest absolute Gasteiger partial charge is 0.408 e. The van der Waals surface area contributed by atoms with Crippen LogP contribution in [0.2, 0.25) is 0 Å². The van der Waals surface area contributed by atoms with Crippen LogP contribution in [-0.4, -0.2) is 124 Å². The number of amides is 5. The van der Waals surface area contributed by atoms with Gasteiger partial charge >= 0.3 is 18.0 Å². The van der Waals surface area contributed by atoms with E-state index in [9.17, 15) is 38.7 Å². The van der Waals surface area contributed by atoms with Gasteiger partial charge in [0.2, 0.25) is 23.6 Å². The Kier molecular flexibility index (Phi) is 20.0.